The number of carbonyl (C=O) groups excluding carboxylic acids is 3. The fourth-order valence-electron chi connectivity index (χ4n) is 1.99. The molecule has 3 heteroatoms. The molecule has 3 nitrogen and oxygen atoms in total. The Morgan fingerprint density at radius 1 is 0.800 bits per heavy atom. The molecule has 0 spiro atoms. The van der Waals surface area contributed by atoms with Crippen LogP contribution in [0.2, 0.25) is 0 Å². The van der Waals surface area contributed by atoms with E-state index in [-0.39, 0.29) is 23.8 Å². The first-order chi connectivity index (χ1) is 9.59. The molecule has 2 aromatic rings. The molecule has 2 rings (SSSR count). The van der Waals surface area contributed by atoms with Crippen molar-refractivity contribution in [1.82, 2.24) is 0 Å². The van der Waals surface area contributed by atoms with Crippen molar-refractivity contribution >= 4 is 17.3 Å². The molecule has 0 fully saturated rings. The van der Waals surface area contributed by atoms with Crippen LogP contribution in [0, 0.1) is 0 Å². The minimum absolute atomic E-state index is 0.181. The maximum absolute atomic E-state index is 12.4. The lowest BCUT2D eigenvalue weighted by atomic mass is 9.94. The standard InChI is InChI=1S/C17H14O3/c1-12(18)11-16(19)14-9-5-6-10-15(14)17(20)13-7-3-2-4-8-13/h2-10H,11H2,1H3. The number of Topliss-reactive ketones (excluding diaryl/α,β-unsaturated/α-hetero) is 2. The van der Waals surface area contributed by atoms with Crippen molar-refractivity contribution in [3.63, 3.8) is 0 Å². The molecule has 0 amide bonds. The summed E-state index contributed by atoms with van der Waals surface area (Å²) in [5.74, 6) is -0.743. The van der Waals surface area contributed by atoms with E-state index in [1.54, 1.807) is 48.5 Å². The maximum atomic E-state index is 12.4. The third kappa shape index (κ3) is 3.06. The summed E-state index contributed by atoms with van der Waals surface area (Å²) in [7, 11) is 0. The van der Waals surface area contributed by atoms with Gasteiger partial charge in [0, 0.05) is 16.7 Å². The molecule has 0 aliphatic carbocycles. The predicted molar refractivity (Wildman–Crippen MR) is 75.9 cm³/mol. The first-order valence-corrected chi connectivity index (χ1v) is 6.31. The van der Waals surface area contributed by atoms with E-state index in [9.17, 15) is 14.4 Å². The van der Waals surface area contributed by atoms with Gasteiger partial charge in [-0.1, -0.05) is 54.6 Å². The lowest BCUT2D eigenvalue weighted by Crippen LogP contribution is -2.12. The molecule has 20 heavy (non-hydrogen) atoms. The maximum Gasteiger partial charge on any atom is 0.193 e. The van der Waals surface area contributed by atoms with E-state index in [4.69, 9.17) is 0 Å². The molecule has 2 aromatic carbocycles. The quantitative estimate of drug-likeness (QED) is 0.617. The molecule has 0 bridgehead atoms. The lowest BCUT2D eigenvalue weighted by molar-refractivity contribution is -0.116. The van der Waals surface area contributed by atoms with Crippen LogP contribution in [0.4, 0.5) is 0 Å². The van der Waals surface area contributed by atoms with Crippen LogP contribution in [0.1, 0.15) is 39.6 Å². The lowest BCUT2D eigenvalue weighted by Gasteiger charge is -2.07. The fourth-order valence-corrected chi connectivity index (χ4v) is 1.99. The monoisotopic (exact) mass is 266 g/mol. The topological polar surface area (TPSA) is 51.2 Å². The molecule has 0 saturated heterocycles. The van der Waals surface area contributed by atoms with E-state index < -0.39 is 0 Å². The molecule has 0 aromatic heterocycles. The second-order valence-electron chi connectivity index (χ2n) is 4.54. The number of ketones is 3. The Hall–Kier alpha value is -2.55. The Kier molecular flexibility index (Phi) is 4.20. The van der Waals surface area contributed by atoms with Crippen LogP contribution in [0.3, 0.4) is 0 Å². The van der Waals surface area contributed by atoms with Gasteiger partial charge in [0.05, 0.1) is 6.42 Å². The van der Waals surface area contributed by atoms with Gasteiger partial charge in [-0.2, -0.15) is 0 Å². The zero-order chi connectivity index (χ0) is 14.5. The molecular formula is C17H14O3. The normalized spacial score (nSPS) is 10.1. The second-order valence-corrected chi connectivity index (χ2v) is 4.54. The largest absolute Gasteiger partial charge is 0.300 e. The number of hydrogen-bond donors (Lipinski definition) is 0. The van der Waals surface area contributed by atoms with Crippen LogP contribution >= 0.6 is 0 Å². The van der Waals surface area contributed by atoms with E-state index in [2.05, 4.69) is 0 Å². The minimum Gasteiger partial charge on any atom is -0.300 e. The average molecular weight is 266 g/mol. The van der Waals surface area contributed by atoms with Crippen molar-refractivity contribution < 1.29 is 14.4 Å². The number of carbonyl (C=O) groups is 3. The van der Waals surface area contributed by atoms with E-state index in [0.29, 0.717) is 16.7 Å². The van der Waals surface area contributed by atoms with Gasteiger partial charge in [0.15, 0.2) is 11.6 Å². The summed E-state index contributed by atoms with van der Waals surface area (Å²) in [6, 6.07) is 15.4. The van der Waals surface area contributed by atoms with Gasteiger partial charge in [-0.05, 0) is 6.92 Å². The second kappa shape index (κ2) is 6.06. The minimum atomic E-state index is -0.322. The van der Waals surface area contributed by atoms with Gasteiger partial charge < -0.3 is 0 Å². The number of rotatable bonds is 5. The Balaban J connectivity index is 2.40. The molecule has 0 unspecified atom stereocenters. The molecule has 0 heterocycles. The van der Waals surface area contributed by atoms with E-state index >= 15 is 0 Å². The molecular weight excluding hydrogens is 252 g/mol. The first-order valence-electron chi connectivity index (χ1n) is 6.31. The molecule has 0 radical (unpaired) electrons. The van der Waals surface area contributed by atoms with Gasteiger partial charge >= 0.3 is 0 Å². The van der Waals surface area contributed by atoms with Crippen LogP contribution in [0.25, 0.3) is 0 Å². The summed E-state index contributed by atoms with van der Waals surface area (Å²) in [5.41, 5.74) is 1.16. The Bertz CT molecular complexity index is 657. The zero-order valence-electron chi connectivity index (χ0n) is 11.1. The zero-order valence-corrected chi connectivity index (χ0v) is 11.1. The third-order valence-corrected chi connectivity index (χ3v) is 2.92. The van der Waals surface area contributed by atoms with E-state index in [1.807, 2.05) is 6.07 Å². The summed E-state index contributed by atoms with van der Waals surface area (Å²) in [6.45, 7) is 1.36. The van der Waals surface area contributed by atoms with Crippen molar-refractivity contribution in [1.29, 1.82) is 0 Å². The van der Waals surface area contributed by atoms with Crippen LogP contribution in [0.5, 0.6) is 0 Å². The average Bonchev–Trinajstić information content (AvgIpc) is 2.46. The Labute approximate surface area is 117 Å². The van der Waals surface area contributed by atoms with Crippen LogP contribution in [-0.2, 0) is 4.79 Å². The summed E-state index contributed by atoms with van der Waals surface area (Å²) in [4.78, 5) is 35.5. The predicted octanol–water partition coefficient (Wildman–Crippen LogP) is 3.08. The summed E-state index contributed by atoms with van der Waals surface area (Å²) in [5, 5.41) is 0. The number of hydrogen-bond acceptors (Lipinski definition) is 3. The smallest absolute Gasteiger partial charge is 0.193 e. The highest BCUT2D eigenvalue weighted by molar-refractivity contribution is 6.18. The first kappa shape index (κ1) is 13.9. The van der Waals surface area contributed by atoms with Gasteiger partial charge in [0.25, 0.3) is 0 Å². The molecule has 0 aliphatic heterocycles. The highest BCUT2D eigenvalue weighted by Crippen LogP contribution is 2.16. The molecule has 0 N–H and O–H groups in total. The van der Waals surface area contributed by atoms with Gasteiger partial charge in [0.1, 0.15) is 5.78 Å². The molecule has 0 saturated carbocycles. The Morgan fingerprint density at radius 2 is 1.35 bits per heavy atom. The van der Waals surface area contributed by atoms with Gasteiger partial charge in [-0.25, -0.2) is 0 Å². The van der Waals surface area contributed by atoms with Crippen molar-refractivity contribution in [2.45, 2.75) is 13.3 Å². The van der Waals surface area contributed by atoms with Crippen LogP contribution in [0.15, 0.2) is 54.6 Å². The van der Waals surface area contributed by atoms with Crippen LogP contribution < -0.4 is 0 Å². The summed E-state index contributed by atoms with van der Waals surface area (Å²) in [6.07, 6.45) is -0.181. The van der Waals surface area contributed by atoms with Crippen LogP contribution in [-0.4, -0.2) is 17.3 Å². The summed E-state index contributed by atoms with van der Waals surface area (Å²) >= 11 is 0. The molecule has 100 valence electrons. The highest BCUT2D eigenvalue weighted by atomic mass is 16.1. The highest BCUT2D eigenvalue weighted by Gasteiger charge is 2.18. The van der Waals surface area contributed by atoms with Crippen molar-refractivity contribution in [3.8, 4) is 0 Å². The molecule has 0 atom stereocenters. The van der Waals surface area contributed by atoms with E-state index in [0.717, 1.165) is 0 Å². The number of benzene rings is 2. The SMILES string of the molecule is CC(=O)CC(=O)c1ccccc1C(=O)c1ccccc1. The fraction of sp³-hybridized carbons (Fsp3) is 0.118. The third-order valence-electron chi connectivity index (χ3n) is 2.92. The van der Waals surface area contributed by atoms with E-state index in [1.165, 1.54) is 6.92 Å². The van der Waals surface area contributed by atoms with Gasteiger partial charge in [-0.3, -0.25) is 14.4 Å². The van der Waals surface area contributed by atoms with Crippen molar-refractivity contribution in [2.24, 2.45) is 0 Å². The Morgan fingerprint density at radius 3 is 1.95 bits per heavy atom. The summed E-state index contributed by atoms with van der Waals surface area (Å²) < 4.78 is 0. The van der Waals surface area contributed by atoms with Crippen molar-refractivity contribution in [2.75, 3.05) is 0 Å². The van der Waals surface area contributed by atoms with Crippen molar-refractivity contribution in [3.05, 3.63) is 71.3 Å². The van der Waals surface area contributed by atoms with Gasteiger partial charge in [0.2, 0.25) is 0 Å². The molecule has 0 aliphatic rings. The van der Waals surface area contributed by atoms with Gasteiger partial charge in [-0.15, -0.1) is 0 Å².